The monoisotopic (exact) mass is 167 g/mol. The van der Waals surface area contributed by atoms with E-state index in [1.807, 2.05) is 0 Å². The molecule has 0 saturated heterocycles. The first-order valence-corrected chi connectivity index (χ1v) is 4.89. The topological polar surface area (TPSA) is 44.0 Å². The maximum Gasteiger partial charge on any atom is 0.0625 e. The Morgan fingerprint density at radius 3 is 2.50 bits per heavy atom. The summed E-state index contributed by atoms with van der Waals surface area (Å²) in [7, 11) is 0. The second-order valence-corrected chi connectivity index (χ2v) is 3.68. The van der Waals surface area contributed by atoms with Gasteiger partial charge in [0.25, 0.3) is 0 Å². The summed E-state index contributed by atoms with van der Waals surface area (Å²) in [5, 5.41) is 18.2. The van der Waals surface area contributed by atoms with Crippen LogP contribution in [0.3, 0.4) is 0 Å². The fourth-order valence-electron chi connectivity index (χ4n) is 1.90. The Morgan fingerprint density at radius 2 is 1.83 bits per heavy atom. The minimum absolute atomic E-state index is 0.218. The molecule has 2 nitrogen and oxygen atoms in total. The number of rotatable bonds is 1. The predicted octanol–water partition coefficient (Wildman–Crippen LogP) is 2.23. The van der Waals surface area contributed by atoms with Crippen molar-refractivity contribution in [2.75, 3.05) is 0 Å². The lowest BCUT2D eigenvalue weighted by atomic mass is 9.87. The number of aliphatic hydroxyl groups is 1. The maximum atomic E-state index is 9.65. The number of hydrogen-bond acceptors (Lipinski definition) is 2. The second kappa shape index (κ2) is 5.16. The zero-order chi connectivity index (χ0) is 8.81. The lowest BCUT2D eigenvalue weighted by Gasteiger charge is -2.22. The van der Waals surface area contributed by atoms with E-state index in [4.69, 9.17) is 5.26 Å². The van der Waals surface area contributed by atoms with Gasteiger partial charge in [-0.2, -0.15) is 5.26 Å². The third-order valence-corrected chi connectivity index (χ3v) is 2.72. The van der Waals surface area contributed by atoms with Gasteiger partial charge < -0.3 is 5.11 Å². The molecule has 0 aromatic heterocycles. The van der Waals surface area contributed by atoms with Crippen molar-refractivity contribution in [2.45, 2.75) is 51.0 Å². The molecule has 1 aliphatic carbocycles. The van der Waals surface area contributed by atoms with Crippen molar-refractivity contribution in [3.63, 3.8) is 0 Å². The largest absolute Gasteiger partial charge is 0.393 e. The summed E-state index contributed by atoms with van der Waals surface area (Å²) < 4.78 is 0. The molecule has 0 amide bonds. The van der Waals surface area contributed by atoms with Gasteiger partial charge in [-0.25, -0.2) is 0 Å². The molecule has 0 heterocycles. The Kier molecular flexibility index (Phi) is 4.10. The van der Waals surface area contributed by atoms with Crippen molar-refractivity contribution in [1.82, 2.24) is 0 Å². The summed E-state index contributed by atoms with van der Waals surface area (Å²) in [5.41, 5.74) is 0. The number of nitriles is 1. The standard InChI is InChI=1S/C10H17NO/c11-8-7-9-5-3-1-2-4-6-10(9)12/h9-10,12H,1-7H2/t9-,10-/m0/s1. The molecule has 0 aliphatic heterocycles. The normalized spacial score (nSPS) is 31.7. The molecule has 0 aromatic rings. The Morgan fingerprint density at radius 1 is 1.17 bits per heavy atom. The van der Waals surface area contributed by atoms with Crippen LogP contribution in [-0.2, 0) is 0 Å². The molecule has 2 atom stereocenters. The molecular weight excluding hydrogens is 150 g/mol. The van der Waals surface area contributed by atoms with Crippen molar-refractivity contribution in [2.24, 2.45) is 5.92 Å². The van der Waals surface area contributed by atoms with Gasteiger partial charge in [0.1, 0.15) is 0 Å². The van der Waals surface area contributed by atoms with Crippen LogP contribution < -0.4 is 0 Å². The molecule has 1 rings (SSSR count). The van der Waals surface area contributed by atoms with Crippen molar-refractivity contribution >= 4 is 0 Å². The van der Waals surface area contributed by atoms with Crippen LogP contribution in [0, 0.1) is 17.2 Å². The van der Waals surface area contributed by atoms with E-state index >= 15 is 0 Å². The van der Waals surface area contributed by atoms with Crippen molar-refractivity contribution in [3.8, 4) is 6.07 Å². The zero-order valence-corrected chi connectivity index (χ0v) is 7.50. The molecule has 68 valence electrons. The molecule has 0 aromatic carbocycles. The molecule has 12 heavy (non-hydrogen) atoms. The number of nitrogens with zero attached hydrogens (tertiary/aromatic N) is 1. The molecule has 1 N–H and O–H groups in total. The van der Waals surface area contributed by atoms with Gasteiger partial charge in [-0.1, -0.05) is 25.7 Å². The third kappa shape index (κ3) is 2.83. The lowest BCUT2D eigenvalue weighted by Crippen LogP contribution is -2.21. The lowest BCUT2D eigenvalue weighted by molar-refractivity contribution is 0.0858. The van der Waals surface area contributed by atoms with Crippen LogP contribution >= 0.6 is 0 Å². The van der Waals surface area contributed by atoms with Crippen LogP contribution in [0.15, 0.2) is 0 Å². The maximum absolute atomic E-state index is 9.65. The number of aliphatic hydroxyl groups excluding tert-OH is 1. The molecule has 0 radical (unpaired) electrons. The highest BCUT2D eigenvalue weighted by atomic mass is 16.3. The molecular formula is C10H17NO. The fraction of sp³-hybridized carbons (Fsp3) is 0.900. The van der Waals surface area contributed by atoms with Gasteiger partial charge in [0.05, 0.1) is 12.2 Å². The van der Waals surface area contributed by atoms with E-state index in [1.165, 1.54) is 19.3 Å². The highest BCUT2D eigenvalue weighted by molar-refractivity contribution is 4.81. The van der Waals surface area contributed by atoms with Gasteiger partial charge in [0.15, 0.2) is 0 Å². The predicted molar refractivity (Wildman–Crippen MR) is 47.4 cm³/mol. The summed E-state index contributed by atoms with van der Waals surface area (Å²) >= 11 is 0. The first-order valence-electron chi connectivity index (χ1n) is 4.89. The first kappa shape index (κ1) is 9.54. The third-order valence-electron chi connectivity index (χ3n) is 2.72. The average molecular weight is 167 g/mol. The Labute approximate surface area is 74.2 Å². The van der Waals surface area contributed by atoms with E-state index in [-0.39, 0.29) is 12.0 Å². The average Bonchev–Trinajstić information content (AvgIpc) is 2.05. The zero-order valence-electron chi connectivity index (χ0n) is 7.50. The fourth-order valence-corrected chi connectivity index (χ4v) is 1.90. The second-order valence-electron chi connectivity index (χ2n) is 3.68. The molecule has 1 saturated carbocycles. The number of hydrogen-bond donors (Lipinski definition) is 1. The van der Waals surface area contributed by atoms with Crippen molar-refractivity contribution in [3.05, 3.63) is 0 Å². The van der Waals surface area contributed by atoms with E-state index in [0.29, 0.717) is 6.42 Å². The van der Waals surface area contributed by atoms with E-state index in [1.54, 1.807) is 0 Å². The van der Waals surface area contributed by atoms with Crippen LogP contribution in [0.25, 0.3) is 0 Å². The van der Waals surface area contributed by atoms with Crippen LogP contribution in [0.1, 0.15) is 44.9 Å². The summed E-state index contributed by atoms with van der Waals surface area (Å²) in [6, 6.07) is 2.16. The van der Waals surface area contributed by atoms with Crippen molar-refractivity contribution in [1.29, 1.82) is 5.26 Å². The van der Waals surface area contributed by atoms with Crippen LogP contribution in [0.5, 0.6) is 0 Å². The quantitative estimate of drug-likeness (QED) is 0.650. The minimum atomic E-state index is -0.218. The van der Waals surface area contributed by atoms with Gasteiger partial charge >= 0.3 is 0 Å². The van der Waals surface area contributed by atoms with Gasteiger partial charge in [-0.15, -0.1) is 0 Å². The Balaban J connectivity index is 2.38. The highest BCUT2D eigenvalue weighted by Crippen LogP contribution is 2.24. The van der Waals surface area contributed by atoms with Crippen LogP contribution in [-0.4, -0.2) is 11.2 Å². The summed E-state index contributed by atoms with van der Waals surface area (Å²) in [5.74, 6) is 0.246. The van der Waals surface area contributed by atoms with Gasteiger partial charge in [-0.3, -0.25) is 0 Å². The molecule has 0 bridgehead atoms. The Bertz CT molecular complexity index is 162. The minimum Gasteiger partial charge on any atom is -0.393 e. The van der Waals surface area contributed by atoms with Gasteiger partial charge in [0, 0.05) is 6.42 Å². The van der Waals surface area contributed by atoms with E-state index in [9.17, 15) is 5.11 Å². The summed E-state index contributed by atoms with van der Waals surface area (Å²) in [4.78, 5) is 0. The molecule has 0 unspecified atom stereocenters. The SMILES string of the molecule is N#CC[C@@H]1CCCCCC[C@@H]1O. The Hall–Kier alpha value is -0.550. The van der Waals surface area contributed by atoms with E-state index < -0.39 is 0 Å². The van der Waals surface area contributed by atoms with E-state index in [2.05, 4.69) is 6.07 Å². The van der Waals surface area contributed by atoms with Crippen LogP contribution in [0.4, 0.5) is 0 Å². The molecule has 2 heteroatoms. The summed E-state index contributed by atoms with van der Waals surface area (Å²) in [6.45, 7) is 0. The van der Waals surface area contributed by atoms with Gasteiger partial charge in [-0.05, 0) is 18.8 Å². The molecule has 1 aliphatic rings. The smallest absolute Gasteiger partial charge is 0.0625 e. The van der Waals surface area contributed by atoms with E-state index in [0.717, 1.165) is 19.3 Å². The van der Waals surface area contributed by atoms with Crippen LogP contribution in [0.2, 0.25) is 0 Å². The molecule has 1 fully saturated rings. The highest BCUT2D eigenvalue weighted by Gasteiger charge is 2.19. The first-order chi connectivity index (χ1) is 5.84. The summed E-state index contributed by atoms with van der Waals surface area (Å²) in [6.07, 6.45) is 7.07. The van der Waals surface area contributed by atoms with Crippen molar-refractivity contribution < 1.29 is 5.11 Å². The molecule has 0 spiro atoms. The van der Waals surface area contributed by atoms with Gasteiger partial charge in [0.2, 0.25) is 0 Å².